The Labute approximate surface area is 182 Å². The van der Waals surface area contributed by atoms with E-state index < -0.39 is 0 Å². The Hall–Kier alpha value is -2.88. The number of imide groups is 1. The van der Waals surface area contributed by atoms with Crippen LogP contribution in [0.4, 0.5) is 5.69 Å². The number of hydrogen-bond donors (Lipinski definition) is 0. The van der Waals surface area contributed by atoms with Crippen LogP contribution in [-0.4, -0.2) is 11.8 Å². The van der Waals surface area contributed by atoms with Crippen LogP contribution in [0, 0.1) is 42.4 Å². The van der Waals surface area contributed by atoms with Gasteiger partial charge in [0.05, 0.1) is 17.5 Å². The van der Waals surface area contributed by atoms with E-state index in [0.717, 1.165) is 16.9 Å². The van der Waals surface area contributed by atoms with Crippen LogP contribution >= 0.6 is 0 Å². The Morgan fingerprint density at radius 1 is 0.903 bits per heavy atom. The lowest BCUT2D eigenvalue weighted by Gasteiger charge is -2.37. The Bertz CT molecular complexity index is 1080. The van der Waals surface area contributed by atoms with Gasteiger partial charge in [0.15, 0.2) is 0 Å². The molecule has 5 aliphatic rings. The highest BCUT2D eigenvalue weighted by Gasteiger charge is 2.67. The first-order valence-corrected chi connectivity index (χ1v) is 11.4. The molecule has 31 heavy (non-hydrogen) atoms. The van der Waals surface area contributed by atoms with Gasteiger partial charge >= 0.3 is 0 Å². The molecule has 2 saturated carbocycles. The molecule has 1 saturated heterocycles. The van der Waals surface area contributed by atoms with Crippen molar-refractivity contribution in [3.05, 3.63) is 65.7 Å². The average molecular weight is 414 g/mol. The predicted octanol–water partition coefficient (Wildman–Crippen LogP) is 5.47. The van der Waals surface area contributed by atoms with E-state index >= 15 is 0 Å². The van der Waals surface area contributed by atoms with Gasteiger partial charge < -0.3 is 4.74 Å². The van der Waals surface area contributed by atoms with Crippen molar-refractivity contribution < 1.29 is 14.3 Å². The number of allylic oxidation sites excluding steroid dienone is 2. The van der Waals surface area contributed by atoms with Crippen LogP contribution in [0.1, 0.15) is 37.3 Å². The maximum atomic E-state index is 13.3. The highest BCUT2D eigenvalue weighted by atomic mass is 16.5. The molecule has 4 heteroatoms. The monoisotopic (exact) mass is 413 g/mol. The summed E-state index contributed by atoms with van der Waals surface area (Å²) in [4.78, 5) is 28.0. The van der Waals surface area contributed by atoms with E-state index in [0.29, 0.717) is 29.2 Å². The summed E-state index contributed by atoms with van der Waals surface area (Å²) in [6, 6.07) is 13.6. The van der Waals surface area contributed by atoms with E-state index in [1.165, 1.54) is 11.3 Å². The molecule has 7 rings (SSSR count). The fourth-order valence-corrected chi connectivity index (χ4v) is 6.21. The minimum absolute atomic E-state index is 0.0193. The van der Waals surface area contributed by atoms with Crippen molar-refractivity contribution in [3.8, 4) is 11.5 Å². The summed E-state index contributed by atoms with van der Waals surface area (Å²) in [6.07, 6.45) is 5.60. The number of aryl methyl sites for hydroxylation is 1. The van der Waals surface area contributed by atoms with Gasteiger partial charge in [0.1, 0.15) is 11.5 Å². The number of hydrogen-bond acceptors (Lipinski definition) is 3. The second-order valence-corrected chi connectivity index (χ2v) is 9.96. The fourth-order valence-electron chi connectivity index (χ4n) is 6.21. The van der Waals surface area contributed by atoms with Gasteiger partial charge in [-0.1, -0.05) is 38.1 Å². The minimum atomic E-state index is -0.164. The van der Waals surface area contributed by atoms with Crippen molar-refractivity contribution in [3.63, 3.8) is 0 Å². The molecule has 2 bridgehead atoms. The largest absolute Gasteiger partial charge is 0.457 e. The summed E-state index contributed by atoms with van der Waals surface area (Å²) in [5.41, 5.74) is 2.96. The van der Waals surface area contributed by atoms with Gasteiger partial charge in [0.25, 0.3) is 0 Å². The molecular weight excluding hydrogens is 386 g/mol. The molecule has 2 aromatic carbocycles. The molecule has 2 amide bonds. The van der Waals surface area contributed by atoms with Crippen LogP contribution in [0.2, 0.25) is 0 Å². The number of carbonyl (C=O) groups excluding carboxylic acids is 2. The SMILES string of the molecule is Cc1ccc(C(C)C)c(Oc2ccc(N3C(=O)[C@@H]4[C@@H]5C=C[C@@H]([C@@H]6C[C@H]56)[C@@H]4C3=O)cc2)c1. The van der Waals surface area contributed by atoms with Crippen LogP contribution < -0.4 is 9.64 Å². The minimum Gasteiger partial charge on any atom is -0.457 e. The molecule has 1 aliphatic heterocycles. The van der Waals surface area contributed by atoms with Crippen LogP contribution in [0.15, 0.2) is 54.6 Å². The Morgan fingerprint density at radius 2 is 1.52 bits per heavy atom. The van der Waals surface area contributed by atoms with E-state index in [9.17, 15) is 9.59 Å². The summed E-state index contributed by atoms with van der Waals surface area (Å²) in [7, 11) is 0. The molecule has 0 radical (unpaired) electrons. The van der Waals surface area contributed by atoms with E-state index in [4.69, 9.17) is 4.74 Å². The number of rotatable bonds is 4. The van der Waals surface area contributed by atoms with Crippen molar-refractivity contribution in [1.29, 1.82) is 0 Å². The molecule has 158 valence electrons. The first kappa shape index (κ1) is 18.9. The van der Waals surface area contributed by atoms with Crippen molar-refractivity contribution in [2.45, 2.75) is 33.1 Å². The lowest BCUT2D eigenvalue weighted by Crippen LogP contribution is -2.40. The lowest BCUT2D eigenvalue weighted by atomic mass is 9.63. The molecule has 2 aromatic rings. The third kappa shape index (κ3) is 2.73. The van der Waals surface area contributed by atoms with E-state index in [1.54, 1.807) is 0 Å². The standard InChI is InChI=1S/C27H27NO3/c1-14(2)18-9-4-15(3)12-23(18)31-17-7-5-16(6-8-17)28-26(29)24-19-10-11-20(22-13-21(19)22)25(24)27(28)30/h4-12,14,19-22,24-25H,13H2,1-3H3/t19-,20+,21-,22+,24-,25+. The van der Waals surface area contributed by atoms with Gasteiger partial charge in [-0.05, 0) is 84.4 Å². The average Bonchev–Trinajstić information content (AvgIpc) is 3.52. The third-order valence-corrected chi connectivity index (χ3v) is 7.78. The summed E-state index contributed by atoms with van der Waals surface area (Å²) in [5.74, 6) is 3.28. The first-order valence-electron chi connectivity index (χ1n) is 11.4. The van der Waals surface area contributed by atoms with Crippen molar-refractivity contribution in [2.24, 2.45) is 35.5 Å². The topological polar surface area (TPSA) is 46.6 Å². The number of ether oxygens (including phenoxy) is 1. The van der Waals surface area contributed by atoms with Crippen molar-refractivity contribution in [1.82, 2.24) is 0 Å². The number of amides is 2. The predicted molar refractivity (Wildman–Crippen MR) is 119 cm³/mol. The van der Waals surface area contributed by atoms with E-state index in [-0.39, 0.29) is 35.5 Å². The number of nitrogens with zero attached hydrogens (tertiary/aromatic N) is 1. The Kier molecular flexibility index (Phi) is 3.99. The normalized spacial score (nSPS) is 32.5. The summed E-state index contributed by atoms with van der Waals surface area (Å²) in [5, 5.41) is 0. The van der Waals surface area contributed by atoms with Gasteiger partial charge in [0.2, 0.25) is 11.8 Å². The van der Waals surface area contributed by atoms with Gasteiger partial charge in [-0.3, -0.25) is 14.5 Å². The van der Waals surface area contributed by atoms with Gasteiger partial charge in [0, 0.05) is 0 Å². The van der Waals surface area contributed by atoms with E-state index in [1.807, 2.05) is 24.3 Å². The van der Waals surface area contributed by atoms with Crippen LogP contribution in [-0.2, 0) is 9.59 Å². The molecule has 0 N–H and O–H groups in total. The number of benzene rings is 2. The molecule has 0 spiro atoms. The second kappa shape index (κ2) is 6.56. The maximum Gasteiger partial charge on any atom is 0.238 e. The van der Waals surface area contributed by atoms with Gasteiger partial charge in [-0.15, -0.1) is 0 Å². The Balaban J connectivity index is 1.26. The third-order valence-electron chi connectivity index (χ3n) is 7.78. The lowest BCUT2D eigenvalue weighted by molar-refractivity contribution is -0.124. The van der Waals surface area contributed by atoms with Crippen LogP contribution in [0.25, 0.3) is 0 Å². The molecule has 3 fully saturated rings. The highest BCUT2D eigenvalue weighted by Crippen LogP contribution is 2.65. The quantitative estimate of drug-likeness (QED) is 0.493. The highest BCUT2D eigenvalue weighted by molar-refractivity contribution is 6.22. The van der Waals surface area contributed by atoms with Gasteiger partial charge in [-0.2, -0.15) is 0 Å². The number of anilines is 1. The molecule has 0 unspecified atom stereocenters. The summed E-state index contributed by atoms with van der Waals surface area (Å²) >= 11 is 0. The van der Waals surface area contributed by atoms with Gasteiger partial charge in [-0.25, -0.2) is 0 Å². The molecule has 4 aliphatic carbocycles. The maximum absolute atomic E-state index is 13.3. The van der Waals surface area contributed by atoms with Crippen LogP contribution in [0.3, 0.4) is 0 Å². The zero-order valence-corrected chi connectivity index (χ0v) is 18.1. The summed E-state index contributed by atoms with van der Waals surface area (Å²) in [6.45, 7) is 6.35. The molecule has 1 heterocycles. The molecule has 0 aromatic heterocycles. The molecular formula is C27H27NO3. The van der Waals surface area contributed by atoms with E-state index in [2.05, 4.69) is 51.1 Å². The second-order valence-electron chi connectivity index (χ2n) is 9.96. The smallest absolute Gasteiger partial charge is 0.238 e. The molecule has 4 nitrogen and oxygen atoms in total. The Morgan fingerprint density at radius 3 is 2.10 bits per heavy atom. The number of carbonyl (C=O) groups is 2. The first-order chi connectivity index (χ1) is 14.9. The zero-order valence-electron chi connectivity index (χ0n) is 18.1. The molecule has 6 atom stereocenters. The zero-order chi connectivity index (χ0) is 21.4. The van der Waals surface area contributed by atoms with Crippen molar-refractivity contribution in [2.75, 3.05) is 4.90 Å². The van der Waals surface area contributed by atoms with Crippen molar-refractivity contribution >= 4 is 17.5 Å². The fraction of sp³-hybridized carbons (Fsp3) is 0.407. The van der Waals surface area contributed by atoms with Crippen LogP contribution in [0.5, 0.6) is 11.5 Å². The summed E-state index contributed by atoms with van der Waals surface area (Å²) < 4.78 is 6.18.